The van der Waals surface area contributed by atoms with Crippen molar-refractivity contribution in [3.05, 3.63) is 102 Å². The lowest BCUT2D eigenvalue weighted by molar-refractivity contribution is -0.119. The molecule has 0 spiro atoms. The standard InChI is InChI=1S/C31H31N5OS/c1-3-26-28-30(36(35-26)25-17-11-6-12-18-25)33-29(24-15-9-5-10-16-24)34-31(28)38-21-27(37)32-22(2)19-20-23-13-7-4-8-14-23/h4-18,22H,3,19-21H2,1-2H3,(H,32,37)/t22-/m0/s1. The van der Waals surface area contributed by atoms with Gasteiger partial charge in [-0.2, -0.15) is 5.10 Å². The van der Waals surface area contributed by atoms with Gasteiger partial charge in [-0.15, -0.1) is 0 Å². The number of amides is 1. The highest BCUT2D eigenvalue weighted by Crippen LogP contribution is 2.32. The number of carbonyl (C=O) groups is 1. The first-order chi connectivity index (χ1) is 18.6. The average Bonchev–Trinajstić information content (AvgIpc) is 3.35. The third kappa shape index (κ3) is 5.94. The summed E-state index contributed by atoms with van der Waals surface area (Å²) in [5.41, 5.74) is 4.82. The highest BCUT2D eigenvalue weighted by atomic mass is 32.2. The van der Waals surface area contributed by atoms with Crippen LogP contribution < -0.4 is 5.32 Å². The van der Waals surface area contributed by atoms with Crippen molar-refractivity contribution in [3.63, 3.8) is 0 Å². The third-order valence-electron chi connectivity index (χ3n) is 6.39. The van der Waals surface area contributed by atoms with E-state index in [0.717, 1.165) is 52.3 Å². The topological polar surface area (TPSA) is 72.7 Å². The molecule has 0 radical (unpaired) electrons. The predicted octanol–water partition coefficient (Wildman–Crippen LogP) is 6.27. The number of carbonyl (C=O) groups excluding carboxylic acids is 1. The van der Waals surface area contributed by atoms with Gasteiger partial charge in [-0.05, 0) is 43.9 Å². The maximum absolute atomic E-state index is 12.9. The molecule has 0 unspecified atom stereocenters. The van der Waals surface area contributed by atoms with Gasteiger partial charge in [-0.3, -0.25) is 4.79 Å². The summed E-state index contributed by atoms with van der Waals surface area (Å²) in [6.45, 7) is 4.14. The van der Waals surface area contributed by atoms with Crippen molar-refractivity contribution in [2.24, 2.45) is 0 Å². The van der Waals surface area contributed by atoms with E-state index < -0.39 is 0 Å². The Hall–Kier alpha value is -3.97. The fourth-order valence-corrected chi connectivity index (χ4v) is 5.28. The molecule has 0 fully saturated rings. The van der Waals surface area contributed by atoms with E-state index in [1.54, 1.807) is 0 Å². The monoisotopic (exact) mass is 521 g/mol. The minimum atomic E-state index is -0.00270. The molecule has 1 amide bonds. The Kier molecular flexibility index (Phi) is 8.14. The Bertz CT molecular complexity index is 1500. The lowest BCUT2D eigenvalue weighted by Crippen LogP contribution is -2.34. The lowest BCUT2D eigenvalue weighted by atomic mass is 10.1. The SMILES string of the molecule is CCc1nn(-c2ccccc2)c2nc(-c3ccccc3)nc(SCC(=O)N[C@@H](C)CCc3ccccc3)c12. The van der Waals surface area contributed by atoms with Crippen LogP contribution in [0.25, 0.3) is 28.1 Å². The Morgan fingerprint density at radius 1 is 0.921 bits per heavy atom. The Morgan fingerprint density at radius 3 is 2.26 bits per heavy atom. The molecule has 7 heteroatoms. The van der Waals surface area contributed by atoms with E-state index in [0.29, 0.717) is 5.82 Å². The van der Waals surface area contributed by atoms with Gasteiger partial charge in [0.15, 0.2) is 11.5 Å². The van der Waals surface area contributed by atoms with E-state index in [1.165, 1.54) is 17.3 Å². The van der Waals surface area contributed by atoms with Gasteiger partial charge < -0.3 is 5.32 Å². The zero-order valence-electron chi connectivity index (χ0n) is 21.7. The molecule has 0 aliphatic rings. The fourth-order valence-electron chi connectivity index (χ4n) is 4.42. The second kappa shape index (κ2) is 12.0. The molecular formula is C31H31N5OS. The Labute approximate surface area is 227 Å². The lowest BCUT2D eigenvalue weighted by Gasteiger charge is -2.14. The quantitative estimate of drug-likeness (QED) is 0.173. The van der Waals surface area contributed by atoms with E-state index in [1.807, 2.05) is 83.5 Å². The maximum atomic E-state index is 12.9. The van der Waals surface area contributed by atoms with E-state index in [9.17, 15) is 4.79 Å². The summed E-state index contributed by atoms with van der Waals surface area (Å²) in [5, 5.41) is 9.74. The fraction of sp³-hybridized carbons (Fsp3) is 0.226. The van der Waals surface area contributed by atoms with Crippen LogP contribution in [-0.2, 0) is 17.6 Å². The number of aromatic nitrogens is 4. The van der Waals surface area contributed by atoms with E-state index in [2.05, 4.69) is 31.3 Å². The molecule has 1 N–H and O–H groups in total. The zero-order valence-corrected chi connectivity index (χ0v) is 22.5. The van der Waals surface area contributed by atoms with Gasteiger partial charge in [0, 0.05) is 11.6 Å². The van der Waals surface area contributed by atoms with Crippen LogP contribution in [0, 0.1) is 0 Å². The average molecular weight is 522 g/mol. The molecule has 192 valence electrons. The van der Waals surface area contributed by atoms with E-state index >= 15 is 0 Å². The maximum Gasteiger partial charge on any atom is 0.230 e. The first kappa shape index (κ1) is 25.7. The van der Waals surface area contributed by atoms with Crippen LogP contribution in [0.3, 0.4) is 0 Å². The van der Waals surface area contributed by atoms with Crippen molar-refractivity contribution < 1.29 is 4.79 Å². The third-order valence-corrected chi connectivity index (χ3v) is 7.37. The van der Waals surface area contributed by atoms with Crippen molar-refractivity contribution in [2.75, 3.05) is 5.75 Å². The van der Waals surface area contributed by atoms with Gasteiger partial charge in [0.1, 0.15) is 5.03 Å². The minimum absolute atomic E-state index is 0.00270. The number of benzene rings is 3. The van der Waals surface area contributed by atoms with Crippen LogP contribution >= 0.6 is 11.8 Å². The smallest absolute Gasteiger partial charge is 0.230 e. The minimum Gasteiger partial charge on any atom is -0.353 e. The molecule has 38 heavy (non-hydrogen) atoms. The van der Waals surface area contributed by atoms with E-state index in [-0.39, 0.29) is 17.7 Å². The van der Waals surface area contributed by atoms with Crippen LogP contribution in [0.4, 0.5) is 0 Å². The van der Waals surface area contributed by atoms with Gasteiger partial charge >= 0.3 is 0 Å². The zero-order chi connectivity index (χ0) is 26.3. The van der Waals surface area contributed by atoms with Crippen LogP contribution in [0.5, 0.6) is 0 Å². The van der Waals surface area contributed by atoms with Crippen molar-refractivity contribution in [1.82, 2.24) is 25.1 Å². The number of aryl methyl sites for hydroxylation is 2. The number of fused-ring (bicyclic) bond motifs is 1. The molecule has 6 nitrogen and oxygen atoms in total. The van der Waals surface area contributed by atoms with Gasteiger partial charge in [0.2, 0.25) is 5.91 Å². The predicted molar refractivity (Wildman–Crippen MR) is 155 cm³/mol. The van der Waals surface area contributed by atoms with Crippen LogP contribution in [0.15, 0.2) is 96.0 Å². The highest BCUT2D eigenvalue weighted by molar-refractivity contribution is 8.00. The number of nitrogens with one attached hydrogen (secondary N) is 1. The summed E-state index contributed by atoms with van der Waals surface area (Å²) in [7, 11) is 0. The molecule has 0 saturated heterocycles. The van der Waals surface area contributed by atoms with Gasteiger partial charge in [-0.25, -0.2) is 14.6 Å². The molecule has 2 heterocycles. The summed E-state index contributed by atoms with van der Waals surface area (Å²) >= 11 is 1.44. The molecule has 0 saturated carbocycles. The number of hydrogen-bond donors (Lipinski definition) is 1. The second-order valence-corrected chi connectivity index (χ2v) is 10.2. The number of rotatable bonds is 10. The summed E-state index contributed by atoms with van der Waals surface area (Å²) in [5.74, 6) is 0.893. The van der Waals surface area contributed by atoms with Crippen molar-refractivity contribution >= 4 is 28.7 Å². The van der Waals surface area contributed by atoms with Gasteiger partial charge in [0.25, 0.3) is 0 Å². The Balaban J connectivity index is 1.41. The summed E-state index contributed by atoms with van der Waals surface area (Å²) in [4.78, 5) is 22.8. The van der Waals surface area contributed by atoms with Crippen LogP contribution in [0.2, 0.25) is 0 Å². The molecular weight excluding hydrogens is 490 g/mol. The molecule has 5 rings (SSSR count). The first-order valence-electron chi connectivity index (χ1n) is 13.0. The molecule has 3 aromatic carbocycles. The normalized spacial score (nSPS) is 11.9. The largest absolute Gasteiger partial charge is 0.353 e. The first-order valence-corrected chi connectivity index (χ1v) is 14.0. The van der Waals surface area contributed by atoms with Crippen LogP contribution in [-0.4, -0.2) is 37.5 Å². The Morgan fingerprint density at radius 2 is 1.58 bits per heavy atom. The summed E-state index contributed by atoms with van der Waals surface area (Å²) < 4.78 is 1.89. The molecule has 5 aromatic rings. The summed E-state index contributed by atoms with van der Waals surface area (Å²) in [6, 6.07) is 30.4. The molecule has 1 atom stereocenters. The highest BCUT2D eigenvalue weighted by Gasteiger charge is 2.21. The van der Waals surface area contributed by atoms with Crippen molar-refractivity contribution in [1.29, 1.82) is 0 Å². The number of nitrogens with zero attached hydrogens (tertiary/aromatic N) is 4. The van der Waals surface area contributed by atoms with Gasteiger partial charge in [0.05, 0.1) is 22.5 Å². The number of thioether (sulfide) groups is 1. The number of hydrogen-bond acceptors (Lipinski definition) is 5. The number of para-hydroxylation sites is 1. The van der Waals surface area contributed by atoms with E-state index in [4.69, 9.17) is 15.1 Å². The summed E-state index contributed by atoms with van der Waals surface area (Å²) in [6.07, 6.45) is 2.56. The van der Waals surface area contributed by atoms with Crippen LogP contribution in [0.1, 0.15) is 31.5 Å². The van der Waals surface area contributed by atoms with Crippen molar-refractivity contribution in [3.8, 4) is 17.1 Å². The molecule has 0 bridgehead atoms. The van der Waals surface area contributed by atoms with Crippen molar-refractivity contribution in [2.45, 2.75) is 44.2 Å². The second-order valence-electron chi connectivity index (χ2n) is 9.25. The molecule has 0 aliphatic heterocycles. The van der Waals surface area contributed by atoms with Gasteiger partial charge in [-0.1, -0.05) is 97.5 Å². The molecule has 0 aliphatic carbocycles. The molecule has 2 aromatic heterocycles.